The molecule has 3 aliphatic rings. The number of benzene rings is 1. The summed E-state index contributed by atoms with van der Waals surface area (Å²) in [6, 6.07) is 4.04. The monoisotopic (exact) mass is 402 g/mol. The second kappa shape index (κ2) is 6.10. The summed E-state index contributed by atoms with van der Waals surface area (Å²) in [4.78, 5) is 52.9. The van der Waals surface area contributed by atoms with Crippen LogP contribution in [0.25, 0.3) is 0 Å². The highest BCUT2D eigenvalue weighted by molar-refractivity contribution is 7.87. The standard InChI is InChI=1S/C19H18N2O6S/c1-4-9-27-18(25)13-19(2,3)28(26)17-12(16(24)21(13)17)20-14(22)10-7-5-6-8-11(10)15(20)23/h4-8,12-13,17H,1,9H2,2-3H3/t12-,13+,17-,28?/m1/s1. The zero-order valence-corrected chi connectivity index (χ0v) is 16.1. The molecule has 0 N–H and O–H groups in total. The summed E-state index contributed by atoms with van der Waals surface area (Å²) in [5, 5.41) is -0.939. The first-order valence-corrected chi connectivity index (χ1v) is 9.92. The molecule has 0 aromatic heterocycles. The summed E-state index contributed by atoms with van der Waals surface area (Å²) in [5.74, 6) is -2.45. The van der Waals surface area contributed by atoms with Gasteiger partial charge in [0.25, 0.3) is 17.7 Å². The topological polar surface area (TPSA) is 101 Å². The SMILES string of the molecule is C=CCOC(=O)[C@@H]1N2C(=O)[C@@H](N3C(=O)c4ccccc4C3=O)[C@H]2S(=O)C1(C)C. The Morgan fingerprint density at radius 2 is 1.79 bits per heavy atom. The van der Waals surface area contributed by atoms with E-state index >= 15 is 0 Å². The van der Waals surface area contributed by atoms with E-state index in [2.05, 4.69) is 6.58 Å². The van der Waals surface area contributed by atoms with Crippen LogP contribution in [0.1, 0.15) is 34.6 Å². The number of fused-ring (bicyclic) bond motifs is 2. The second-order valence-corrected chi connectivity index (χ2v) is 9.46. The van der Waals surface area contributed by atoms with Crippen molar-refractivity contribution in [3.8, 4) is 0 Å². The number of hydrogen-bond acceptors (Lipinski definition) is 6. The number of carbonyl (C=O) groups excluding carboxylic acids is 4. The van der Waals surface area contributed by atoms with Crippen LogP contribution in [0, 0.1) is 0 Å². The minimum atomic E-state index is -1.69. The molecule has 0 aliphatic carbocycles. The van der Waals surface area contributed by atoms with Crippen LogP contribution in [0.3, 0.4) is 0 Å². The zero-order chi connectivity index (χ0) is 20.4. The predicted octanol–water partition coefficient (Wildman–Crippen LogP) is 0.458. The molecule has 3 aliphatic heterocycles. The number of ether oxygens (including phenoxy) is 1. The minimum Gasteiger partial charge on any atom is -0.460 e. The number of imide groups is 1. The highest BCUT2D eigenvalue weighted by Crippen LogP contribution is 2.46. The normalized spacial score (nSPS) is 30.0. The van der Waals surface area contributed by atoms with Crippen LogP contribution in [-0.4, -0.2) is 66.5 Å². The Bertz CT molecular complexity index is 936. The van der Waals surface area contributed by atoms with Gasteiger partial charge >= 0.3 is 5.97 Å². The van der Waals surface area contributed by atoms with Gasteiger partial charge in [-0.1, -0.05) is 24.8 Å². The van der Waals surface area contributed by atoms with Gasteiger partial charge in [-0.3, -0.25) is 23.5 Å². The van der Waals surface area contributed by atoms with Crippen molar-refractivity contribution in [1.82, 2.24) is 9.80 Å². The van der Waals surface area contributed by atoms with Gasteiger partial charge in [0.2, 0.25) is 0 Å². The number of esters is 1. The first-order valence-electron chi connectivity index (χ1n) is 8.70. The molecule has 9 heteroatoms. The molecule has 4 rings (SSSR count). The van der Waals surface area contributed by atoms with Crippen molar-refractivity contribution in [1.29, 1.82) is 0 Å². The largest absolute Gasteiger partial charge is 0.460 e. The second-order valence-electron chi connectivity index (χ2n) is 7.33. The summed E-state index contributed by atoms with van der Waals surface area (Å²) >= 11 is 0. The molecule has 0 saturated carbocycles. The lowest BCUT2D eigenvalue weighted by Gasteiger charge is -2.46. The zero-order valence-electron chi connectivity index (χ0n) is 15.3. The smallest absolute Gasteiger partial charge is 0.330 e. The molecule has 3 heterocycles. The third kappa shape index (κ3) is 2.19. The first-order chi connectivity index (χ1) is 13.2. The predicted molar refractivity (Wildman–Crippen MR) is 98.5 cm³/mol. The van der Waals surface area contributed by atoms with E-state index in [0.29, 0.717) is 0 Å². The molecule has 2 fully saturated rings. The van der Waals surface area contributed by atoms with Gasteiger partial charge in [0.05, 0.1) is 26.7 Å². The van der Waals surface area contributed by atoms with Crippen LogP contribution in [0.4, 0.5) is 0 Å². The molecular weight excluding hydrogens is 384 g/mol. The molecule has 4 atom stereocenters. The van der Waals surface area contributed by atoms with Gasteiger partial charge in [-0.25, -0.2) is 4.79 Å². The Morgan fingerprint density at radius 1 is 1.21 bits per heavy atom. The van der Waals surface area contributed by atoms with E-state index in [1.807, 2.05) is 0 Å². The average Bonchev–Trinajstić information content (AvgIpc) is 3.02. The lowest BCUT2D eigenvalue weighted by atomic mass is 9.95. The number of nitrogens with zero attached hydrogens (tertiary/aromatic N) is 2. The van der Waals surface area contributed by atoms with Crippen LogP contribution >= 0.6 is 0 Å². The molecule has 1 aromatic carbocycles. The average molecular weight is 402 g/mol. The van der Waals surface area contributed by atoms with Gasteiger partial charge in [0, 0.05) is 0 Å². The molecule has 8 nitrogen and oxygen atoms in total. The molecule has 0 spiro atoms. The van der Waals surface area contributed by atoms with E-state index in [9.17, 15) is 23.4 Å². The fraction of sp³-hybridized carbons (Fsp3) is 0.368. The van der Waals surface area contributed by atoms with Gasteiger partial charge in [-0.15, -0.1) is 0 Å². The number of amides is 3. The van der Waals surface area contributed by atoms with E-state index in [0.717, 1.165) is 4.90 Å². The molecule has 1 unspecified atom stereocenters. The van der Waals surface area contributed by atoms with E-state index in [1.54, 1.807) is 26.0 Å². The number of β-lactam (4-membered cyclic amide) rings is 1. The summed E-state index contributed by atoms with van der Waals surface area (Å²) in [5.41, 5.74) is 0.424. The molecule has 2 saturated heterocycles. The molecule has 0 bridgehead atoms. The fourth-order valence-corrected chi connectivity index (χ4v) is 5.99. The highest BCUT2D eigenvalue weighted by atomic mass is 32.2. The highest BCUT2D eigenvalue weighted by Gasteiger charge is 2.71. The Hall–Kier alpha value is -2.81. The molecule has 146 valence electrons. The van der Waals surface area contributed by atoms with Crippen molar-refractivity contribution >= 4 is 34.5 Å². The molecule has 28 heavy (non-hydrogen) atoms. The van der Waals surface area contributed by atoms with Gasteiger partial charge in [-0.05, 0) is 26.0 Å². The minimum absolute atomic E-state index is 0.0351. The molecule has 3 amide bonds. The molecule has 1 aromatic rings. The fourth-order valence-electron chi connectivity index (χ4n) is 4.04. The van der Waals surface area contributed by atoms with Gasteiger partial charge < -0.3 is 9.64 Å². The third-order valence-corrected chi connectivity index (χ3v) is 7.58. The summed E-state index contributed by atoms with van der Waals surface area (Å²) < 4.78 is 17.1. The first kappa shape index (κ1) is 18.5. The molecular formula is C19H18N2O6S. The van der Waals surface area contributed by atoms with Crippen LogP contribution in [0.15, 0.2) is 36.9 Å². The Morgan fingerprint density at radius 3 is 2.32 bits per heavy atom. The summed E-state index contributed by atoms with van der Waals surface area (Å²) in [6.07, 6.45) is 1.40. The lowest BCUT2D eigenvalue weighted by Crippen LogP contribution is -2.72. The van der Waals surface area contributed by atoms with Crippen molar-refractivity contribution in [2.45, 2.75) is 36.1 Å². The lowest BCUT2D eigenvalue weighted by molar-refractivity contribution is -0.165. The summed E-state index contributed by atoms with van der Waals surface area (Å²) in [7, 11) is -1.69. The van der Waals surface area contributed by atoms with Gasteiger partial charge in [-0.2, -0.15) is 0 Å². The Kier molecular flexibility index (Phi) is 4.04. The van der Waals surface area contributed by atoms with Crippen molar-refractivity contribution in [3.63, 3.8) is 0 Å². The van der Waals surface area contributed by atoms with Crippen LogP contribution in [0.5, 0.6) is 0 Å². The van der Waals surface area contributed by atoms with Crippen molar-refractivity contribution in [2.75, 3.05) is 6.61 Å². The van der Waals surface area contributed by atoms with Crippen molar-refractivity contribution < 1.29 is 28.1 Å². The quantitative estimate of drug-likeness (QED) is 0.314. The maximum atomic E-state index is 13.1. The third-order valence-electron chi connectivity index (χ3n) is 5.40. The van der Waals surface area contributed by atoms with E-state index < -0.39 is 56.7 Å². The van der Waals surface area contributed by atoms with Crippen molar-refractivity contribution in [3.05, 3.63) is 48.0 Å². The van der Waals surface area contributed by atoms with Gasteiger partial charge in [0.1, 0.15) is 18.0 Å². The number of hydrogen-bond donors (Lipinski definition) is 0. The van der Waals surface area contributed by atoms with E-state index in [4.69, 9.17) is 4.74 Å². The van der Waals surface area contributed by atoms with E-state index in [-0.39, 0.29) is 17.7 Å². The van der Waals surface area contributed by atoms with E-state index in [1.165, 1.54) is 23.1 Å². The Balaban J connectivity index is 1.68. The summed E-state index contributed by atoms with van der Waals surface area (Å²) in [6.45, 7) is 6.65. The van der Waals surface area contributed by atoms with Crippen LogP contribution in [-0.2, 0) is 25.1 Å². The van der Waals surface area contributed by atoms with Crippen LogP contribution in [0.2, 0.25) is 0 Å². The Labute approximate surface area is 163 Å². The maximum absolute atomic E-state index is 13.1. The van der Waals surface area contributed by atoms with Crippen molar-refractivity contribution in [2.24, 2.45) is 0 Å². The molecule has 0 radical (unpaired) electrons. The van der Waals surface area contributed by atoms with Gasteiger partial charge in [0.15, 0.2) is 6.04 Å². The number of rotatable bonds is 4. The van der Waals surface area contributed by atoms with Crippen LogP contribution < -0.4 is 0 Å². The maximum Gasteiger partial charge on any atom is 0.330 e. The number of carbonyl (C=O) groups is 4.